The highest BCUT2D eigenvalue weighted by Crippen LogP contribution is 2.45. The molecule has 2 aliphatic rings. The van der Waals surface area contributed by atoms with Crippen molar-refractivity contribution in [3.63, 3.8) is 0 Å². The Bertz CT molecular complexity index is 512. The van der Waals surface area contributed by atoms with Crippen LogP contribution in [0.25, 0.3) is 0 Å². The smallest absolute Gasteiger partial charge is 0.128 e. The molecule has 0 amide bonds. The van der Waals surface area contributed by atoms with Gasteiger partial charge in [0.25, 0.3) is 0 Å². The molecule has 1 aromatic rings. The maximum Gasteiger partial charge on any atom is 0.128 e. The Morgan fingerprint density at radius 3 is 2.38 bits per heavy atom. The summed E-state index contributed by atoms with van der Waals surface area (Å²) >= 11 is 0. The third-order valence-electron chi connectivity index (χ3n) is 7.06. The van der Waals surface area contributed by atoms with Gasteiger partial charge in [0.1, 0.15) is 5.82 Å². The summed E-state index contributed by atoms with van der Waals surface area (Å²) in [5.41, 5.74) is 1.80. The molecule has 2 unspecified atom stereocenters. The highest BCUT2D eigenvalue weighted by atomic mass is 15.3. The van der Waals surface area contributed by atoms with Gasteiger partial charge < -0.3 is 4.90 Å². The van der Waals surface area contributed by atoms with E-state index in [0.717, 1.165) is 30.9 Å². The first kappa shape index (κ1) is 17.7. The molecule has 0 radical (unpaired) electrons. The molecule has 0 aromatic carbocycles. The van der Waals surface area contributed by atoms with Crippen LogP contribution in [-0.4, -0.2) is 42.1 Å². The average molecular weight is 330 g/mol. The summed E-state index contributed by atoms with van der Waals surface area (Å²) in [4.78, 5) is 9.81. The van der Waals surface area contributed by atoms with E-state index in [2.05, 4.69) is 54.6 Å². The summed E-state index contributed by atoms with van der Waals surface area (Å²) < 4.78 is 0. The van der Waals surface area contributed by atoms with Gasteiger partial charge in [-0.25, -0.2) is 4.98 Å². The molecular weight excluding hydrogens is 294 g/mol. The number of piperazine rings is 1. The number of hydrogen-bond acceptors (Lipinski definition) is 3. The van der Waals surface area contributed by atoms with Gasteiger partial charge in [0, 0.05) is 38.4 Å². The lowest BCUT2D eigenvalue weighted by atomic mass is 9.72. The van der Waals surface area contributed by atoms with Gasteiger partial charge in [-0.1, -0.05) is 39.7 Å². The molecule has 3 nitrogen and oxygen atoms in total. The fourth-order valence-electron chi connectivity index (χ4n) is 4.71. The third-order valence-corrected chi connectivity index (χ3v) is 7.06. The normalized spacial score (nSPS) is 26.1. The molecule has 3 heteroatoms. The van der Waals surface area contributed by atoms with E-state index in [9.17, 15) is 0 Å². The highest BCUT2D eigenvalue weighted by Gasteiger charge is 2.39. The second-order valence-electron chi connectivity index (χ2n) is 8.24. The van der Waals surface area contributed by atoms with E-state index < -0.39 is 0 Å². The van der Waals surface area contributed by atoms with Crippen LogP contribution in [0.1, 0.15) is 58.4 Å². The largest absolute Gasteiger partial charge is 0.354 e. The molecule has 1 saturated carbocycles. The van der Waals surface area contributed by atoms with Gasteiger partial charge in [-0.15, -0.1) is 0 Å². The van der Waals surface area contributed by atoms with Crippen LogP contribution in [0.15, 0.2) is 18.3 Å². The van der Waals surface area contributed by atoms with Gasteiger partial charge in [0.2, 0.25) is 0 Å². The first-order valence-electron chi connectivity index (χ1n) is 9.97. The van der Waals surface area contributed by atoms with Crippen LogP contribution >= 0.6 is 0 Å². The van der Waals surface area contributed by atoms with E-state index in [1.54, 1.807) is 0 Å². The molecule has 0 N–H and O–H groups in total. The fourth-order valence-corrected chi connectivity index (χ4v) is 4.71. The van der Waals surface area contributed by atoms with Crippen LogP contribution in [0.3, 0.4) is 0 Å². The van der Waals surface area contributed by atoms with Crippen molar-refractivity contribution in [3.05, 3.63) is 23.9 Å². The molecular formula is C21H35N3. The Hall–Kier alpha value is -1.09. The van der Waals surface area contributed by atoms with E-state index in [1.165, 1.54) is 50.8 Å². The Labute approximate surface area is 148 Å². The minimum absolute atomic E-state index is 0.558. The van der Waals surface area contributed by atoms with Crippen molar-refractivity contribution in [2.24, 2.45) is 11.3 Å². The zero-order valence-corrected chi connectivity index (χ0v) is 16.1. The van der Waals surface area contributed by atoms with Crippen molar-refractivity contribution >= 4 is 5.82 Å². The highest BCUT2D eigenvalue weighted by molar-refractivity contribution is 5.39. The first-order valence-corrected chi connectivity index (χ1v) is 9.97. The van der Waals surface area contributed by atoms with Gasteiger partial charge in [-0.05, 0) is 49.1 Å². The van der Waals surface area contributed by atoms with Crippen LogP contribution in [0.5, 0.6) is 0 Å². The van der Waals surface area contributed by atoms with Crippen LogP contribution < -0.4 is 4.90 Å². The lowest BCUT2D eigenvalue weighted by Gasteiger charge is -2.39. The SMILES string of the molecule is CCC(C)(CC)C1CCC(N2CCN(c3ccc(C)cn3)CC2)C1. The monoisotopic (exact) mass is 329 g/mol. The predicted molar refractivity (Wildman–Crippen MR) is 103 cm³/mol. The maximum absolute atomic E-state index is 4.60. The minimum atomic E-state index is 0.558. The van der Waals surface area contributed by atoms with E-state index in [4.69, 9.17) is 0 Å². The zero-order valence-electron chi connectivity index (χ0n) is 16.1. The number of rotatable bonds is 5. The molecule has 2 fully saturated rings. The molecule has 1 aliphatic heterocycles. The van der Waals surface area contributed by atoms with E-state index >= 15 is 0 Å². The number of pyridine rings is 1. The quantitative estimate of drug-likeness (QED) is 0.792. The fraction of sp³-hybridized carbons (Fsp3) is 0.762. The Morgan fingerprint density at radius 1 is 1.08 bits per heavy atom. The van der Waals surface area contributed by atoms with Crippen molar-refractivity contribution in [1.82, 2.24) is 9.88 Å². The second kappa shape index (κ2) is 7.43. The molecule has 3 rings (SSSR count). The summed E-state index contributed by atoms with van der Waals surface area (Å²) in [5.74, 6) is 2.07. The van der Waals surface area contributed by atoms with Crippen molar-refractivity contribution in [3.8, 4) is 0 Å². The second-order valence-corrected chi connectivity index (χ2v) is 8.24. The number of aryl methyl sites for hydroxylation is 1. The van der Waals surface area contributed by atoms with Gasteiger partial charge >= 0.3 is 0 Å². The van der Waals surface area contributed by atoms with Crippen LogP contribution in [-0.2, 0) is 0 Å². The standard InChI is InChI=1S/C21H35N3/c1-5-21(4,6-2)18-8-9-19(15-18)23-11-13-24(14-12-23)20-10-7-17(3)16-22-20/h7,10,16,18-19H,5-6,8-9,11-15H2,1-4H3. The van der Waals surface area contributed by atoms with Gasteiger partial charge in [-0.3, -0.25) is 4.90 Å². The number of aromatic nitrogens is 1. The predicted octanol–water partition coefficient (Wildman–Crippen LogP) is 4.51. The zero-order chi connectivity index (χ0) is 17.2. The van der Waals surface area contributed by atoms with Crippen molar-refractivity contribution < 1.29 is 0 Å². The number of hydrogen-bond donors (Lipinski definition) is 0. The van der Waals surface area contributed by atoms with Gasteiger partial charge in [0.15, 0.2) is 0 Å². The summed E-state index contributed by atoms with van der Waals surface area (Å²) in [6, 6.07) is 5.16. The molecule has 0 bridgehead atoms. The van der Waals surface area contributed by atoms with Crippen LogP contribution in [0.4, 0.5) is 5.82 Å². The molecule has 2 heterocycles. The van der Waals surface area contributed by atoms with Crippen molar-refractivity contribution in [2.75, 3.05) is 31.1 Å². The van der Waals surface area contributed by atoms with Crippen LogP contribution in [0, 0.1) is 18.3 Å². The molecule has 1 saturated heterocycles. The molecule has 24 heavy (non-hydrogen) atoms. The van der Waals surface area contributed by atoms with Gasteiger partial charge in [0.05, 0.1) is 0 Å². The summed E-state index contributed by atoms with van der Waals surface area (Å²) in [5, 5.41) is 0. The third kappa shape index (κ3) is 3.61. The number of anilines is 1. The van der Waals surface area contributed by atoms with Gasteiger partial charge in [-0.2, -0.15) is 0 Å². The van der Waals surface area contributed by atoms with Crippen LogP contribution in [0.2, 0.25) is 0 Å². The molecule has 0 spiro atoms. The Balaban J connectivity index is 1.53. The maximum atomic E-state index is 4.60. The Morgan fingerprint density at radius 2 is 1.79 bits per heavy atom. The van der Waals surface area contributed by atoms with E-state index in [0.29, 0.717) is 5.41 Å². The molecule has 134 valence electrons. The molecule has 1 aromatic heterocycles. The summed E-state index contributed by atoms with van der Waals surface area (Å²) in [6.07, 6.45) is 8.90. The minimum Gasteiger partial charge on any atom is -0.354 e. The topological polar surface area (TPSA) is 19.4 Å². The summed E-state index contributed by atoms with van der Waals surface area (Å²) in [7, 11) is 0. The van der Waals surface area contributed by atoms with E-state index in [1.807, 2.05) is 6.20 Å². The number of nitrogens with zero attached hydrogens (tertiary/aromatic N) is 3. The van der Waals surface area contributed by atoms with Crippen molar-refractivity contribution in [2.45, 2.75) is 65.8 Å². The Kier molecular flexibility index (Phi) is 5.49. The molecule has 1 aliphatic carbocycles. The lowest BCUT2D eigenvalue weighted by Crippen LogP contribution is -2.50. The summed E-state index contributed by atoms with van der Waals surface area (Å²) in [6.45, 7) is 14.0. The lowest BCUT2D eigenvalue weighted by molar-refractivity contribution is 0.142. The van der Waals surface area contributed by atoms with Crippen molar-refractivity contribution in [1.29, 1.82) is 0 Å². The van der Waals surface area contributed by atoms with E-state index in [-0.39, 0.29) is 0 Å². The average Bonchev–Trinajstić information content (AvgIpc) is 3.13. The molecule has 2 atom stereocenters. The first-order chi connectivity index (χ1) is 11.6.